The van der Waals surface area contributed by atoms with Crippen LogP contribution in [0, 0.1) is 22.9 Å². The Morgan fingerprint density at radius 1 is 1.15 bits per heavy atom. The summed E-state index contributed by atoms with van der Waals surface area (Å²) in [5.41, 5.74) is 1.47. The van der Waals surface area contributed by atoms with Crippen LogP contribution >= 0.6 is 11.3 Å². The van der Waals surface area contributed by atoms with E-state index >= 15 is 0 Å². The number of nitro benzene ring substituents is 1. The van der Waals surface area contributed by atoms with E-state index in [0.29, 0.717) is 12.3 Å². The van der Waals surface area contributed by atoms with Gasteiger partial charge in [-0.15, -0.1) is 11.3 Å². The van der Waals surface area contributed by atoms with E-state index in [1.807, 2.05) is 31.2 Å². The van der Waals surface area contributed by atoms with Crippen LogP contribution in [-0.2, 0) is 13.2 Å². The Labute approximate surface area is 153 Å². The Hall–Kier alpha value is -3.00. The number of non-ortho nitro benzene ring substituents is 1. The lowest BCUT2D eigenvalue weighted by molar-refractivity contribution is -0.385. The zero-order valence-electron chi connectivity index (χ0n) is 13.8. The van der Waals surface area contributed by atoms with Crippen molar-refractivity contribution in [1.29, 1.82) is 0 Å². The van der Waals surface area contributed by atoms with Gasteiger partial charge in [-0.05, 0) is 25.1 Å². The predicted molar refractivity (Wildman–Crippen MR) is 95.0 cm³/mol. The normalized spacial score (nSPS) is 10.5. The van der Waals surface area contributed by atoms with Crippen LogP contribution in [0.25, 0.3) is 0 Å². The van der Waals surface area contributed by atoms with Crippen molar-refractivity contribution in [1.82, 2.24) is 4.98 Å². The second kappa shape index (κ2) is 7.92. The third-order valence-electron chi connectivity index (χ3n) is 3.48. The highest BCUT2D eigenvalue weighted by Gasteiger charge is 2.12. The first-order valence-corrected chi connectivity index (χ1v) is 8.59. The first kappa shape index (κ1) is 17.8. The molecule has 0 fully saturated rings. The topological polar surface area (TPSA) is 74.5 Å². The molecule has 0 saturated heterocycles. The van der Waals surface area contributed by atoms with Gasteiger partial charge in [-0.2, -0.15) is 0 Å². The quantitative estimate of drug-likeness (QED) is 0.444. The minimum absolute atomic E-state index is 0.0546. The summed E-state index contributed by atoms with van der Waals surface area (Å²) in [6.07, 6.45) is 0. The van der Waals surface area contributed by atoms with Crippen molar-refractivity contribution in [2.75, 3.05) is 0 Å². The molecule has 0 bridgehead atoms. The third-order valence-corrected chi connectivity index (χ3v) is 4.36. The molecule has 0 amide bonds. The maximum atomic E-state index is 13.8. The summed E-state index contributed by atoms with van der Waals surface area (Å²) in [7, 11) is 0. The highest BCUT2D eigenvalue weighted by atomic mass is 32.1. The summed E-state index contributed by atoms with van der Waals surface area (Å²) >= 11 is 1.42. The van der Waals surface area contributed by atoms with Crippen molar-refractivity contribution in [3.8, 4) is 11.5 Å². The zero-order valence-corrected chi connectivity index (χ0v) is 14.7. The Balaban J connectivity index is 1.55. The van der Waals surface area contributed by atoms with E-state index in [1.54, 1.807) is 5.38 Å². The van der Waals surface area contributed by atoms with Crippen LogP contribution in [0.2, 0.25) is 0 Å². The molecule has 0 radical (unpaired) electrons. The van der Waals surface area contributed by atoms with Crippen LogP contribution in [0.5, 0.6) is 11.5 Å². The van der Waals surface area contributed by atoms with Crippen molar-refractivity contribution in [3.63, 3.8) is 0 Å². The van der Waals surface area contributed by atoms with E-state index < -0.39 is 10.7 Å². The molecule has 134 valence electrons. The van der Waals surface area contributed by atoms with E-state index in [4.69, 9.17) is 9.47 Å². The number of hydrogen-bond donors (Lipinski definition) is 0. The van der Waals surface area contributed by atoms with Gasteiger partial charge in [0.15, 0.2) is 11.6 Å². The lowest BCUT2D eigenvalue weighted by Crippen LogP contribution is -2.00. The SMILES string of the molecule is Cc1ccc(OCc2nc(COc3ccc([N+](=O)[O-])cc3F)cs2)cc1. The van der Waals surface area contributed by atoms with Gasteiger partial charge in [0, 0.05) is 11.4 Å². The molecule has 0 aliphatic heterocycles. The van der Waals surface area contributed by atoms with Crippen LogP contribution in [0.4, 0.5) is 10.1 Å². The average Bonchev–Trinajstić information content (AvgIpc) is 3.08. The van der Waals surface area contributed by atoms with E-state index in [-0.39, 0.29) is 18.0 Å². The summed E-state index contributed by atoms with van der Waals surface area (Å²) in [6.45, 7) is 2.40. The van der Waals surface area contributed by atoms with Crippen LogP contribution in [-0.4, -0.2) is 9.91 Å². The Morgan fingerprint density at radius 2 is 1.92 bits per heavy atom. The number of aromatic nitrogens is 1. The molecule has 1 aromatic heterocycles. The molecule has 2 aromatic carbocycles. The molecule has 8 heteroatoms. The fraction of sp³-hybridized carbons (Fsp3) is 0.167. The number of nitrogens with zero attached hydrogens (tertiary/aromatic N) is 2. The van der Waals surface area contributed by atoms with Gasteiger partial charge in [-0.25, -0.2) is 9.37 Å². The molecule has 1 heterocycles. The van der Waals surface area contributed by atoms with Gasteiger partial charge in [-0.3, -0.25) is 10.1 Å². The van der Waals surface area contributed by atoms with E-state index in [0.717, 1.165) is 22.4 Å². The number of ether oxygens (including phenoxy) is 2. The minimum Gasteiger partial charge on any atom is -0.486 e. The smallest absolute Gasteiger partial charge is 0.272 e. The fourth-order valence-electron chi connectivity index (χ4n) is 2.13. The molecule has 0 saturated carbocycles. The summed E-state index contributed by atoms with van der Waals surface area (Å²) < 4.78 is 24.8. The average molecular weight is 374 g/mol. The van der Waals surface area contributed by atoms with Gasteiger partial charge in [-0.1, -0.05) is 17.7 Å². The van der Waals surface area contributed by atoms with Gasteiger partial charge in [0.1, 0.15) is 24.0 Å². The Morgan fingerprint density at radius 3 is 2.62 bits per heavy atom. The second-order valence-electron chi connectivity index (χ2n) is 5.49. The molecular formula is C18H15FN2O4S. The van der Waals surface area contributed by atoms with Crippen molar-refractivity contribution >= 4 is 17.0 Å². The maximum Gasteiger partial charge on any atom is 0.272 e. The zero-order chi connectivity index (χ0) is 18.5. The summed E-state index contributed by atoms with van der Waals surface area (Å²) in [6, 6.07) is 11.0. The van der Waals surface area contributed by atoms with E-state index in [9.17, 15) is 14.5 Å². The third kappa shape index (κ3) is 4.54. The van der Waals surface area contributed by atoms with E-state index in [1.165, 1.54) is 23.5 Å². The van der Waals surface area contributed by atoms with Crippen molar-refractivity contribution in [2.24, 2.45) is 0 Å². The van der Waals surface area contributed by atoms with Crippen molar-refractivity contribution < 1.29 is 18.8 Å². The molecule has 6 nitrogen and oxygen atoms in total. The second-order valence-corrected chi connectivity index (χ2v) is 6.44. The Bertz CT molecular complexity index is 912. The molecule has 0 N–H and O–H groups in total. The first-order valence-electron chi connectivity index (χ1n) is 7.71. The fourth-order valence-corrected chi connectivity index (χ4v) is 2.82. The van der Waals surface area contributed by atoms with Crippen LogP contribution in [0.15, 0.2) is 47.8 Å². The lowest BCUT2D eigenvalue weighted by atomic mass is 10.2. The Kier molecular flexibility index (Phi) is 5.43. The number of rotatable bonds is 7. The van der Waals surface area contributed by atoms with Gasteiger partial charge in [0.2, 0.25) is 0 Å². The number of hydrogen-bond acceptors (Lipinski definition) is 6. The predicted octanol–water partition coefficient (Wildman–Crippen LogP) is 4.66. The summed E-state index contributed by atoms with van der Waals surface area (Å²) in [5.74, 6) is -0.0741. The van der Waals surface area contributed by atoms with Crippen LogP contribution < -0.4 is 9.47 Å². The van der Waals surface area contributed by atoms with Crippen LogP contribution in [0.1, 0.15) is 16.3 Å². The molecule has 0 spiro atoms. The molecule has 3 rings (SSSR count). The van der Waals surface area contributed by atoms with Gasteiger partial charge in [0.25, 0.3) is 5.69 Å². The molecular weight excluding hydrogens is 359 g/mol. The first-order chi connectivity index (χ1) is 12.5. The summed E-state index contributed by atoms with van der Waals surface area (Å²) in [5, 5.41) is 13.2. The molecule has 3 aromatic rings. The molecule has 0 aliphatic rings. The monoisotopic (exact) mass is 374 g/mol. The molecule has 0 unspecified atom stereocenters. The van der Waals surface area contributed by atoms with Crippen molar-refractivity contribution in [3.05, 3.63) is 80.0 Å². The largest absolute Gasteiger partial charge is 0.486 e. The van der Waals surface area contributed by atoms with Gasteiger partial charge in [0.05, 0.1) is 16.7 Å². The molecule has 0 atom stereocenters. The van der Waals surface area contributed by atoms with Crippen LogP contribution in [0.3, 0.4) is 0 Å². The molecule has 26 heavy (non-hydrogen) atoms. The van der Waals surface area contributed by atoms with Gasteiger partial charge >= 0.3 is 0 Å². The standard InChI is InChI=1S/C18H15FN2O4S/c1-12-2-5-15(6-3-12)24-10-18-20-13(11-26-18)9-25-17-7-4-14(21(22)23)8-16(17)19/h2-8,11H,9-10H2,1H3. The number of halogens is 1. The summed E-state index contributed by atoms with van der Waals surface area (Å²) in [4.78, 5) is 14.3. The molecule has 0 aliphatic carbocycles. The maximum absolute atomic E-state index is 13.8. The minimum atomic E-state index is -0.780. The number of benzene rings is 2. The number of nitro groups is 1. The number of thiazole rings is 1. The highest BCUT2D eigenvalue weighted by molar-refractivity contribution is 7.09. The van der Waals surface area contributed by atoms with E-state index in [2.05, 4.69) is 4.98 Å². The lowest BCUT2D eigenvalue weighted by Gasteiger charge is -2.05. The number of aryl methyl sites for hydroxylation is 1. The van der Waals surface area contributed by atoms with Gasteiger partial charge < -0.3 is 9.47 Å². The highest BCUT2D eigenvalue weighted by Crippen LogP contribution is 2.24. The van der Waals surface area contributed by atoms with Crippen molar-refractivity contribution in [2.45, 2.75) is 20.1 Å².